The molecule has 1 aromatic carbocycles. The van der Waals surface area contributed by atoms with Gasteiger partial charge in [0.15, 0.2) is 6.61 Å². The number of nitrogens with one attached hydrogen (secondary N) is 1. The molecule has 1 aromatic rings. The minimum absolute atomic E-state index is 0.111. The van der Waals surface area contributed by atoms with Gasteiger partial charge in [0.1, 0.15) is 0 Å². The van der Waals surface area contributed by atoms with Crippen molar-refractivity contribution in [1.29, 1.82) is 0 Å². The lowest BCUT2D eigenvalue weighted by atomic mass is 9.49. The van der Waals surface area contributed by atoms with E-state index in [0.29, 0.717) is 11.8 Å². The predicted molar refractivity (Wildman–Crippen MR) is 108 cm³/mol. The molecule has 4 aliphatic carbocycles. The number of hydrogen-bond acceptors (Lipinski definition) is 3. The van der Waals surface area contributed by atoms with E-state index in [1.54, 1.807) is 0 Å². The summed E-state index contributed by atoms with van der Waals surface area (Å²) in [7, 11) is 0. The lowest BCUT2D eigenvalue weighted by Gasteiger charge is -2.58. The van der Waals surface area contributed by atoms with Crippen LogP contribution in [0.3, 0.4) is 0 Å². The van der Waals surface area contributed by atoms with Gasteiger partial charge in [-0.15, -0.1) is 0 Å². The van der Waals surface area contributed by atoms with E-state index in [1.165, 1.54) is 19.3 Å². The second-order valence-electron chi connectivity index (χ2n) is 8.02. The molecule has 4 nitrogen and oxygen atoms in total. The molecule has 1 amide bonds. The summed E-state index contributed by atoms with van der Waals surface area (Å²) >= 11 is 6.12. The predicted octanol–water partition coefficient (Wildman–Crippen LogP) is 4.51. The van der Waals surface area contributed by atoms with Gasteiger partial charge < -0.3 is 10.1 Å². The van der Waals surface area contributed by atoms with Crippen LogP contribution in [0.1, 0.15) is 38.5 Å². The van der Waals surface area contributed by atoms with Crippen molar-refractivity contribution in [3.63, 3.8) is 0 Å². The SMILES string of the molecule is O=C(COC(=O)C12C[C@H]3C[C@@H](CC(Br)(C3)C1)C2)Nc1ccc(I)cc1. The molecule has 4 fully saturated rings. The van der Waals surface area contributed by atoms with Gasteiger partial charge in [0, 0.05) is 13.6 Å². The lowest BCUT2D eigenvalue weighted by molar-refractivity contribution is -0.170. The number of amides is 1. The highest BCUT2D eigenvalue weighted by atomic mass is 127. The molecule has 4 bridgehead atoms. The molecule has 0 aliphatic heterocycles. The van der Waals surface area contributed by atoms with Gasteiger partial charge in [-0.3, -0.25) is 9.59 Å². The summed E-state index contributed by atoms with van der Waals surface area (Å²) in [5.74, 6) is 0.776. The van der Waals surface area contributed by atoms with Gasteiger partial charge in [-0.1, -0.05) is 15.9 Å². The first kappa shape index (κ1) is 17.8. The van der Waals surface area contributed by atoms with E-state index in [-0.39, 0.29) is 28.2 Å². The molecule has 0 heterocycles. The number of esters is 1. The van der Waals surface area contributed by atoms with Crippen molar-refractivity contribution < 1.29 is 14.3 Å². The smallest absolute Gasteiger partial charge is 0.312 e. The molecule has 0 saturated heterocycles. The van der Waals surface area contributed by atoms with Crippen molar-refractivity contribution in [2.45, 2.75) is 42.8 Å². The molecule has 0 radical (unpaired) electrons. The lowest BCUT2D eigenvalue weighted by Crippen LogP contribution is -2.56. The van der Waals surface area contributed by atoms with E-state index < -0.39 is 0 Å². The van der Waals surface area contributed by atoms with Crippen LogP contribution >= 0.6 is 38.5 Å². The summed E-state index contributed by atoms with van der Waals surface area (Å²) in [4.78, 5) is 24.9. The Hall–Kier alpha value is -0.630. The third-order valence-corrected chi connectivity index (χ3v) is 7.53. The Morgan fingerprint density at radius 2 is 1.80 bits per heavy atom. The van der Waals surface area contributed by atoms with Crippen molar-refractivity contribution in [3.8, 4) is 0 Å². The highest BCUT2D eigenvalue weighted by Gasteiger charge is 2.60. The number of rotatable bonds is 4. The topological polar surface area (TPSA) is 55.4 Å². The Morgan fingerprint density at radius 3 is 2.40 bits per heavy atom. The number of carbonyl (C=O) groups excluding carboxylic acids is 2. The van der Waals surface area contributed by atoms with Gasteiger partial charge in [0.05, 0.1) is 5.41 Å². The van der Waals surface area contributed by atoms with Crippen molar-refractivity contribution in [2.75, 3.05) is 11.9 Å². The number of halogens is 2. The van der Waals surface area contributed by atoms with E-state index in [1.807, 2.05) is 24.3 Å². The van der Waals surface area contributed by atoms with Crippen LogP contribution in [0.2, 0.25) is 0 Å². The summed E-state index contributed by atoms with van der Waals surface area (Å²) in [5.41, 5.74) is 0.340. The zero-order valence-corrected chi connectivity index (χ0v) is 17.6. The van der Waals surface area contributed by atoms with Crippen LogP contribution in [0, 0.1) is 20.8 Å². The van der Waals surface area contributed by atoms with Crippen LogP contribution in [0.15, 0.2) is 24.3 Å². The molecule has 25 heavy (non-hydrogen) atoms. The Morgan fingerprint density at radius 1 is 1.16 bits per heavy atom. The monoisotopic (exact) mass is 517 g/mol. The Balaban J connectivity index is 1.36. The quantitative estimate of drug-likeness (QED) is 0.363. The van der Waals surface area contributed by atoms with Crippen molar-refractivity contribution >= 4 is 56.1 Å². The second-order valence-corrected chi connectivity index (χ2v) is 11.0. The highest BCUT2D eigenvalue weighted by Crippen LogP contribution is 2.64. The van der Waals surface area contributed by atoms with E-state index >= 15 is 0 Å². The third kappa shape index (κ3) is 3.61. The van der Waals surface area contributed by atoms with E-state index in [2.05, 4.69) is 43.8 Å². The zero-order chi connectivity index (χ0) is 17.7. The fourth-order valence-corrected chi connectivity index (χ4v) is 7.22. The Bertz CT molecular complexity index is 691. The fraction of sp³-hybridized carbons (Fsp3) is 0.579. The fourth-order valence-electron chi connectivity index (χ4n) is 5.40. The van der Waals surface area contributed by atoms with Gasteiger partial charge >= 0.3 is 5.97 Å². The number of benzene rings is 1. The maximum absolute atomic E-state index is 12.8. The molecule has 2 atom stereocenters. The van der Waals surface area contributed by atoms with Crippen molar-refractivity contribution in [3.05, 3.63) is 27.8 Å². The van der Waals surface area contributed by atoms with Gasteiger partial charge in [-0.2, -0.15) is 0 Å². The Kier molecular flexibility index (Phi) is 4.63. The molecule has 134 valence electrons. The molecular formula is C19H21BrINO3. The van der Waals surface area contributed by atoms with Crippen LogP contribution in [-0.2, 0) is 14.3 Å². The number of anilines is 1. The summed E-state index contributed by atoms with van der Waals surface area (Å²) < 4.78 is 6.67. The van der Waals surface area contributed by atoms with E-state index in [4.69, 9.17) is 4.74 Å². The molecule has 1 N–H and O–H groups in total. The minimum atomic E-state index is -0.378. The standard InChI is InChI=1S/C19H21BrINO3/c20-19-8-12-5-13(9-19)7-18(6-12,11-19)17(24)25-10-16(23)22-15-3-1-14(21)2-4-15/h1-4,12-13H,5-11H2,(H,22,23)/t12-,13-,18?,19?/m1/s1. The molecule has 6 heteroatoms. The molecule has 0 unspecified atom stereocenters. The Labute approximate surface area is 169 Å². The number of carbonyl (C=O) groups is 2. The van der Waals surface area contributed by atoms with Crippen molar-refractivity contribution in [2.24, 2.45) is 17.3 Å². The maximum Gasteiger partial charge on any atom is 0.312 e. The second kappa shape index (κ2) is 6.51. The zero-order valence-electron chi connectivity index (χ0n) is 13.9. The molecule has 0 aromatic heterocycles. The molecular weight excluding hydrogens is 497 g/mol. The van der Waals surface area contributed by atoms with E-state index in [9.17, 15) is 9.59 Å². The third-order valence-electron chi connectivity index (χ3n) is 5.89. The average molecular weight is 518 g/mol. The molecule has 4 saturated carbocycles. The summed E-state index contributed by atoms with van der Waals surface area (Å²) in [6, 6.07) is 7.53. The summed E-state index contributed by atoms with van der Waals surface area (Å²) in [5, 5.41) is 2.78. The molecule has 4 aliphatic rings. The van der Waals surface area contributed by atoms with Gasteiger partial charge in [-0.05, 0) is 97.2 Å². The highest BCUT2D eigenvalue weighted by molar-refractivity contribution is 14.1. The average Bonchev–Trinajstić information content (AvgIpc) is 2.52. The first-order valence-electron chi connectivity index (χ1n) is 8.77. The van der Waals surface area contributed by atoms with Gasteiger partial charge in [0.2, 0.25) is 0 Å². The largest absolute Gasteiger partial charge is 0.455 e. The van der Waals surface area contributed by atoms with Crippen LogP contribution in [0.5, 0.6) is 0 Å². The minimum Gasteiger partial charge on any atom is -0.455 e. The van der Waals surface area contributed by atoms with Crippen molar-refractivity contribution in [1.82, 2.24) is 0 Å². The number of ether oxygens (including phenoxy) is 1. The molecule has 0 spiro atoms. The number of hydrogen-bond donors (Lipinski definition) is 1. The van der Waals surface area contributed by atoms with Crippen LogP contribution in [0.25, 0.3) is 0 Å². The summed E-state index contributed by atoms with van der Waals surface area (Å²) in [6.45, 7) is -0.211. The van der Waals surface area contributed by atoms with E-state index in [0.717, 1.165) is 28.5 Å². The van der Waals surface area contributed by atoms with Crippen LogP contribution < -0.4 is 5.32 Å². The first-order valence-corrected chi connectivity index (χ1v) is 10.6. The van der Waals surface area contributed by atoms with Gasteiger partial charge in [-0.25, -0.2) is 0 Å². The first-order chi connectivity index (χ1) is 11.9. The van der Waals surface area contributed by atoms with Crippen LogP contribution in [-0.4, -0.2) is 22.8 Å². The van der Waals surface area contributed by atoms with Gasteiger partial charge in [0.25, 0.3) is 5.91 Å². The summed E-state index contributed by atoms with van der Waals surface area (Å²) in [6.07, 6.45) is 6.29. The molecule has 5 rings (SSSR count). The van der Waals surface area contributed by atoms with Crippen LogP contribution in [0.4, 0.5) is 5.69 Å². The normalized spacial score (nSPS) is 35.4. The maximum atomic E-state index is 12.8. The number of alkyl halides is 1.